The highest BCUT2D eigenvalue weighted by Crippen LogP contribution is 2.22. The SMILES string of the molecule is O=C(CSc1ccc(Cl)cc1)Nc1ccc(N2CCN(C(=O)/C=C/c3ccccc3)CC2)cc1. The Kier molecular flexibility index (Phi) is 8.28. The Morgan fingerprint density at radius 1 is 0.882 bits per heavy atom. The highest BCUT2D eigenvalue weighted by atomic mass is 35.5. The number of nitrogens with zero attached hydrogens (tertiary/aromatic N) is 2. The van der Waals surface area contributed by atoms with Crippen LogP contribution in [0.3, 0.4) is 0 Å². The van der Waals surface area contributed by atoms with Gasteiger partial charge in [-0.15, -0.1) is 11.8 Å². The molecule has 5 nitrogen and oxygen atoms in total. The normalized spacial score (nSPS) is 13.8. The molecule has 1 aliphatic heterocycles. The van der Waals surface area contributed by atoms with E-state index in [0.29, 0.717) is 23.9 Å². The third-order valence-corrected chi connectivity index (χ3v) is 6.77. The van der Waals surface area contributed by atoms with Crippen molar-refractivity contribution >= 4 is 52.6 Å². The largest absolute Gasteiger partial charge is 0.368 e. The van der Waals surface area contributed by atoms with E-state index in [9.17, 15) is 9.59 Å². The summed E-state index contributed by atoms with van der Waals surface area (Å²) in [5.41, 5.74) is 2.87. The number of anilines is 2. The molecule has 0 bridgehead atoms. The smallest absolute Gasteiger partial charge is 0.246 e. The second kappa shape index (κ2) is 11.8. The summed E-state index contributed by atoms with van der Waals surface area (Å²) in [6.45, 7) is 2.90. The van der Waals surface area contributed by atoms with E-state index in [1.54, 1.807) is 6.08 Å². The molecule has 1 heterocycles. The van der Waals surface area contributed by atoms with E-state index < -0.39 is 0 Å². The summed E-state index contributed by atoms with van der Waals surface area (Å²) in [4.78, 5) is 29.9. The van der Waals surface area contributed by atoms with E-state index in [4.69, 9.17) is 11.6 Å². The van der Waals surface area contributed by atoms with Crippen molar-refractivity contribution in [3.05, 3.63) is 95.5 Å². The number of hydrogen-bond donors (Lipinski definition) is 1. The number of hydrogen-bond acceptors (Lipinski definition) is 4. The highest BCUT2D eigenvalue weighted by Gasteiger charge is 2.19. The van der Waals surface area contributed by atoms with Crippen molar-refractivity contribution in [3.8, 4) is 0 Å². The Hall–Kier alpha value is -3.22. The lowest BCUT2D eigenvalue weighted by Gasteiger charge is -2.35. The summed E-state index contributed by atoms with van der Waals surface area (Å²) < 4.78 is 0. The lowest BCUT2D eigenvalue weighted by molar-refractivity contribution is -0.126. The molecule has 1 saturated heterocycles. The van der Waals surface area contributed by atoms with Crippen LogP contribution in [-0.2, 0) is 9.59 Å². The van der Waals surface area contributed by atoms with E-state index in [0.717, 1.165) is 34.9 Å². The quantitative estimate of drug-likeness (QED) is 0.353. The number of thioether (sulfide) groups is 1. The zero-order valence-corrected chi connectivity index (χ0v) is 20.3. The predicted molar refractivity (Wildman–Crippen MR) is 142 cm³/mol. The highest BCUT2D eigenvalue weighted by molar-refractivity contribution is 8.00. The summed E-state index contributed by atoms with van der Waals surface area (Å²) in [5, 5.41) is 3.62. The molecule has 0 unspecified atom stereocenters. The third-order valence-electron chi connectivity index (χ3n) is 5.51. The van der Waals surface area contributed by atoms with Crippen LogP contribution < -0.4 is 10.2 Å². The van der Waals surface area contributed by atoms with Gasteiger partial charge in [0.2, 0.25) is 11.8 Å². The van der Waals surface area contributed by atoms with E-state index >= 15 is 0 Å². The maximum atomic E-state index is 12.5. The molecular weight excluding hydrogens is 466 g/mol. The molecule has 7 heteroatoms. The Bertz CT molecular complexity index is 1130. The number of amides is 2. The van der Waals surface area contributed by atoms with Gasteiger partial charge in [-0.2, -0.15) is 0 Å². The van der Waals surface area contributed by atoms with Gasteiger partial charge in [0.1, 0.15) is 0 Å². The summed E-state index contributed by atoms with van der Waals surface area (Å²) in [6, 6.07) is 25.1. The average Bonchev–Trinajstić information content (AvgIpc) is 2.88. The van der Waals surface area contributed by atoms with Crippen molar-refractivity contribution in [1.29, 1.82) is 0 Å². The maximum absolute atomic E-state index is 12.5. The molecule has 4 rings (SSSR count). The minimum atomic E-state index is -0.0524. The molecule has 0 radical (unpaired) electrons. The van der Waals surface area contributed by atoms with E-state index in [1.165, 1.54) is 11.8 Å². The molecule has 2 amide bonds. The lowest BCUT2D eigenvalue weighted by Crippen LogP contribution is -2.48. The van der Waals surface area contributed by atoms with Crippen molar-refractivity contribution in [2.45, 2.75) is 4.90 Å². The maximum Gasteiger partial charge on any atom is 0.246 e. The Labute approximate surface area is 209 Å². The fourth-order valence-corrected chi connectivity index (χ4v) is 4.48. The molecule has 0 atom stereocenters. The molecule has 1 N–H and O–H groups in total. The van der Waals surface area contributed by atoms with Gasteiger partial charge in [0.05, 0.1) is 5.75 Å². The van der Waals surface area contributed by atoms with Crippen LogP contribution in [0.1, 0.15) is 5.56 Å². The average molecular weight is 492 g/mol. The number of rotatable bonds is 7. The van der Waals surface area contributed by atoms with Gasteiger partial charge < -0.3 is 15.1 Å². The Balaban J connectivity index is 1.22. The van der Waals surface area contributed by atoms with Crippen molar-refractivity contribution in [2.24, 2.45) is 0 Å². The summed E-state index contributed by atoms with van der Waals surface area (Å²) in [5.74, 6) is 0.319. The number of nitrogens with one attached hydrogen (secondary N) is 1. The first kappa shape index (κ1) is 23.9. The number of halogens is 1. The van der Waals surface area contributed by atoms with Crippen LogP contribution in [0.15, 0.2) is 89.8 Å². The number of benzene rings is 3. The lowest BCUT2D eigenvalue weighted by atomic mass is 10.2. The predicted octanol–water partition coefficient (Wildman–Crippen LogP) is 5.43. The zero-order chi connectivity index (χ0) is 23.8. The van der Waals surface area contributed by atoms with Gasteiger partial charge in [0.25, 0.3) is 0 Å². The summed E-state index contributed by atoms with van der Waals surface area (Å²) >= 11 is 7.36. The van der Waals surface area contributed by atoms with E-state index in [-0.39, 0.29) is 11.8 Å². The van der Waals surface area contributed by atoms with Crippen LogP contribution >= 0.6 is 23.4 Å². The molecule has 3 aromatic rings. The van der Waals surface area contributed by atoms with Gasteiger partial charge in [-0.25, -0.2) is 0 Å². The molecule has 0 spiro atoms. The second-order valence-electron chi connectivity index (χ2n) is 7.89. The van der Waals surface area contributed by atoms with Gasteiger partial charge in [-0.05, 0) is 60.2 Å². The van der Waals surface area contributed by atoms with Crippen LogP contribution in [0.4, 0.5) is 11.4 Å². The molecule has 1 aliphatic rings. The van der Waals surface area contributed by atoms with Gasteiger partial charge in [-0.3, -0.25) is 9.59 Å². The van der Waals surface area contributed by atoms with Gasteiger partial charge in [0, 0.05) is 53.5 Å². The summed E-state index contributed by atoms with van der Waals surface area (Å²) in [7, 11) is 0. The zero-order valence-electron chi connectivity index (χ0n) is 18.7. The van der Waals surface area contributed by atoms with Crippen LogP contribution in [0, 0.1) is 0 Å². The summed E-state index contributed by atoms with van der Waals surface area (Å²) in [6.07, 6.45) is 3.50. The third kappa shape index (κ3) is 6.89. The van der Waals surface area contributed by atoms with Crippen LogP contribution in [-0.4, -0.2) is 48.6 Å². The second-order valence-corrected chi connectivity index (χ2v) is 9.38. The molecule has 0 saturated carbocycles. The standard InChI is InChI=1S/C27H26ClN3O2S/c28-22-7-13-25(14-8-22)34-20-26(32)29-23-9-11-24(12-10-23)30-16-18-31(19-17-30)27(33)15-6-21-4-2-1-3-5-21/h1-15H,16-20H2,(H,29,32)/b15-6+. The van der Waals surface area contributed by atoms with Gasteiger partial charge in [-0.1, -0.05) is 41.9 Å². The molecule has 3 aromatic carbocycles. The van der Waals surface area contributed by atoms with E-state index in [1.807, 2.05) is 89.8 Å². The number of piperazine rings is 1. The van der Waals surface area contributed by atoms with Gasteiger partial charge >= 0.3 is 0 Å². The number of carbonyl (C=O) groups excluding carboxylic acids is 2. The van der Waals surface area contributed by atoms with Gasteiger partial charge in [0.15, 0.2) is 0 Å². The Morgan fingerprint density at radius 2 is 1.56 bits per heavy atom. The minimum absolute atomic E-state index is 0.0398. The van der Waals surface area contributed by atoms with Crippen molar-refractivity contribution < 1.29 is 9.59 Å². The first-order chi connectivity index (χ1) is 16.6. The van der Waals surface area contributed by atoms with Crippen LogP contribution in [0.25, 0.3) is 6.08 Å². The fourth-order valence-electron chi connectivity index (χ4n) is 3.65. The first-order valence-corrected chi connectivity index (χ1v) is 12.5. The molecule has 1 fully saturated rings. The fraction of sp³-hybridized carbons (Fsp3) is 0.185. The van der Waals surface area contributed by atoms with Crippen molar-refractivity contribution in [3.63, 3.8) is 0 Å². The van der Waals surface area contributed by atoms with E-state index in [2.05, 4.69) is 10.2 Å². The van der Waals surface area contributed by atoms with Crippen LogP contribution in [0.5, 0.6) is 0 Å². The Morgan fingerprint density at radius 3 is 2.24 bits per heavy atom. The van der Waals surface area contributed by atoms with Crippen LogP contribution in [0.2, 0.25) is 5.02 Å². The molecule has 174 valence electrons. The molecule has 0 aromatic heterocycles. The number of carbonyl (C=O) groups is 2. The molecule has 34 heavy (non-hydrogen) atoms. The van der Waals surface area contributed by atoms with Crippen molar-refractivity contribution in [2.75, 3.05) is 42.1 Å². The minimum Gasteiger partial charge on any atom is -0.368 e. The monoisotopic (exact) mass is 491 g/mol. The topological polar surface area (TPSA) is 52.7 Å². The molecular formula is C27H26ClN3O2S. The van der Waals surface area contributed by atoms with Crippen molar-refractivity contribution in [1.82, 2.24) is 4.90 Å². The first-order valence-electron chi connectivity index (χ1n) is 11.1. The molecule has 0 aliphatic carbocycles.